The van der Waals surface area contributed by atoms with Gasteiger partial charge < -0.3 is 10.6 Å². The Labute approximate surface area is 170 Å². The molecule has 1 saturated carbocycles. The van der Waals surface area contributed by atoms with Gasteiger partial charge in [0.1, 0.15) is 5.82 Å². The lowest BCUT2D eigenvalue weighted by Crippen LogP contribution is -2.46. The molecule has 25 heavy (non-hydrogen) atoms. The van der Waals surface area contributed by atoms with E-state index in [4.69, 9.17) is 0 Å². The molecule has 0 radical (unpaired) electrons. The molecule has 2 rings (SSSR count). The average molecular weight is 538 g/mol. The number of nitrogens with zero attached hydrogens (tertiary/aromatic N) is 1. The number of rotatable bonds is 3. The summed E-state index contributed by atoms with van der Waals surface area (Å²) in [7, 11) is 1.56. The van der Waals surface area contributed by atoms with Crippen molar-refractivity contribution in [3.63, 3.8) is 0 Å². The Morgan fingerprint density at radius 2 is 2.04 bits per heavy atom. The second-order valence-electron chi connectivity index (χ2n) is 5.92. The van der Waals surface area contributed by atoms with Crippen LogP contribution in [0.4, 0.5) is 17.6 Å². The molecule has 2 N–H and O–H groups in total. The molecule has 0 aromatic heterocycles. The minimum atomic E-state index is -4.15. The Morgan fingerprint density at radius 3 is 2.64 bits per heavy atom. The molecule has 0 amide bonds. The van der Waals surface area contributed by atoms with Crippen molar-refractivity contribution < 1.29 is 17.6 Å². The van der Waals surface area contributed by atoms with Crippen LogP contribution in [0.1, 0.15) is 31.2 Å². The molecule has 1 aliphatic rings. The molecule has 0 aliphatic heterocycles. The fourth-order valence-electron chi connectivity index (χ4n) is 2.84. The summed E-state index contributed by atoms with van der Waals surface area (Å²) < 4.78 is 52.5. The Morgan fingerprint density at radius 1 is 1.32 bits per heavy atom. The summed E-state index contributed by atoms with van der Waals surface area (Å²) in [6.07, 6.45) is -2.69. The third kappa shape index (κ3) is 6.92. The highest BCUT2D eigenvalue weighted by molar-refractivity contribution is 14.0. The van der Waals surface area contributed by atoms with E-state index in [1.165, 1.54) is 6.07 Å². The second kappa shape index (κ2) is 9.94. The van der Waals surface area contributed by atoms with Gasteiger partial charge in [0.15, 0.2) is 5.96 Å². The van der Waals surface area contributed by atoms with Gasteiger partial charge in [-0.2, -0.15) is 13.2 Å². The zero-order valence-electron chi connectivity index (χ0n) is 13.7. The van der Waals surface area contributed by atoms with Crippen LogP contribution in [-0.4, -0.2) is 25.2 Å². The highest BCUT2D eigenvalue weighted by Gasteiger charge is 2.42. The summed E-state index contributed by atoms with van der Waals surface area (Å²) in [5.74, 6) is -1.20. The number of benzene rings is 1. The largest absolute Gasteiger partial charge is 0.391 e. The van der Waals surface area contributed by atoms with E-state index in [0.717, 1.165) is 5.56 Å². The van der Waals surface area contributed by atoms with E-state index in [1.807, 2.05) is 0 Å². The molecule has 0 heterocycles. The molecular weight excluding hydrogens is 517 g/mol. The molecule has 1 aromatic rings. The number of halogens is 6. The fourth-order valence-corrected chi connectivity index (χ4v) is 3.09. The molecule has 142 valence electrons. The van der Waals surface area contributed by atoms with Crippen LogP contribution in [0.5, 0.6) is 0 Å². The highest BCUT2D eigenvalue weighted by atomic mass is 127. The van der Waals surface area contributed by atoms with Gasteiger partial charge in [-0.3, -0.25) is 4.99 Å². The van der Waals surface area contributed by atoms with Crippen molar-refractivity contribution in [1.82, 2.24) is 10.6 Å². The summed E-state index contributed by atoms with van der Waals surface area (Å²) >= 11 is 3.09. The first kappa shape index (κ1) is 22.5. The fraction of sp³-hybridized carbons (Fsp3) is 0.562. The van der Waals surface area contributed by atoms with E-state index >= 15 is 0 Å². The van der Waals surface area contributed by atoms with Crippen molar-refractivity contribution >= 4 is 45.9 Å². The summed E-state index contributed by atoms with van der Waals surface area (Å²) in [5.41, 5.74) is 0.718. The molecule has 0 bridgehead atoms. The molecule has 0 spiro atoms. The van der Waals surface area contributed by atoms with E-state index in [0.29, 0.717) is 29.8 Å². The van der Waals surface area contributed by atoms with Crippen LogP contribution in [0.25, 0.3) is 0 Å². The van der Waals surface area contributed by atoms with E-state index in [2.05, 4.69) is 31.6 Å². The van der Waals surface area contributed by atoms with Crippen LogP contribution in [0.2, 0.25) is 0 Å². The molecule has 1 fully saturated rings. The van der Waals surface area contributed by atoms with Gasteiger partial charge in [0, 0.05) is 19.6 Å². The maximum atomic E-state index is 13.5. The second-order valence-corrected chi connectivity index (χ2v) is 6.77. The molecule has 2 atom stereocenters. The Hall–Kier alpha value is -0.580. The van der Waals surface area contributed by atoms with Crippen molar-refractivity contribution in [2.24, 2.45) is 10.9 Å². The third-order valence-corrected chi connectivity index (χ3v) is 4.79. The molecule has 1 aromatic carbocycles. The molecule has 9 heteroatoms. The van der Waals surface area contributed by atoms with Crippen molar-refractivity contribution in [3.8, 4) is 0 Å². The van der Waals surface area contributed by atoms with Crippen molar-refractivity contribution in [3.05, 3.63) is 34.1 Å². The van der Waals surface area contributed by atoms with Crippen LogP contribution < -0.4 is 10.6 Å². The minimum Gasteiger partial charge on any atom is -0.354 e. The van der Waals surface area contributed by atoms with Gasteiger partial charge in [-0.25, -0.2) is 4.39 Å². The molecule has 3 nitrogen and oxygen atoms in total. The number of aliphatic imine (C=N–C) groups is 1. The number of guanidine groups is 1. The van der Waals surface area contributed by atoms with Crippen LogP contribution in [-0.2, 0) is 6.54 Å². The van der Waals surface area contributed by atoms with Crippen molar-refractivity contribution in [2.75, 3.05) is 7.05 Å². The maximum Gasteiger partial charge on any atom is 0.391 e. The summed E-state index contributed by atoms with van der Waals surface area (Å²) in [6, 6.07) is 4.49. The minimum absolute atomic E-state index is 0. The summed E-state index contributed by atoms with van der Waals surface area (Å²) in [5, 5.41) is 6.05. The van der Waals surface area contributed by atoms with Crippen molar-refractivity contribution in [2.45, 2.75) is 44.4 Å². The Balaban J connectivity index is 0.00000312. The first-order valence-corrected chi connectivity index (χ1v) is 8.56. The summed E-state index contributed by atoms with van der Waals surface area (Å²) in [6.45, 7) is 0.333. The molecule has 2 unspecified atom stereocenters. The van der Waals surface area contributed by atoms with Gasteiger partial charge in [0.2, 0.25) is 0 Å². The van der Waals surface area contributed by atoms with E-state index < -0.39 is 12.1 Å². The van der Waals surface area contributed by atoms with Gasteiger partial charge in [-0.05, 0) is 52.9 Å². The van der Waals surface area contributed by atoms with E-state index in [9.17, 15) is 17.6 Å². The van der Waals surface area contributed by atoms with E-state index in [1.54, 1.807) is 19.2 Å². The smallest absolute Gasteiger partial charge is 0.354 e. The first-order chi connectivity index (χ1) is 11.3. The summed E-state index contributed by atoms with van der Waals surface area (Å²) in [4.78, 5) is 4.03. The van der Waals surface area contributed by atoms with Crippen LogP contribution in [0.15, 0.2) is 27.7 Å². The van der Waals surface area contributed by atoms with Crippen molar-refractivity contribution in [1.29, 1.82) is 0 Å². The number of nitrogens with one attached hydrogen (secondary N) is 2. The normalized spacial score (nSPS) is 21.4. The quantitative estimate of drug-likeness (QED) is 0.247. The van der Waals surface area contributed by atoms with Gasteiger partial charge in [0.25, 0.3) is 0 Å². The van der Waals surface area contributed by atoms with Gasteiger partial charge in [-0.15, -0.1) is 24.0 Å². The topological polar surface area (TPSA) is 36.4 Å². The standard InChI is InChI=1S/C16H20BrF4N3.HI/c1-22-15(23-9-10-5-6-13(17)14(18)7-10)24-12-4-2-3-11(8-12)16(19,20)21;/h5-7,11-12H,2-4,8-9H2,1H3,(H2,22,23,24);1H. The van der Waals surface area contributed by atoms with Crippen LogP contribution in [0, 0.1) is 11.7 Å². The predicted molar refractivity (Wildman–Crippen MR) is 105 cm³/mol. The third-order valence-electron chi connectivity index (χ3n) is 4.15. The highest BCUT2D eigenvalue weighted by Crippen LogP contribution is 2.37. The number of alkyl halides is 3. The monoisotopic (exact) mass is 537 g/mol. The predicted octanol–water partition coefficient (Wildman–Crippen LogP) is 4.99. The molecule has 0 saturated heterocycles. The number of hydrogen-bond donors (Lipinski definition) is 2. The lowest BCUT2D eigenvalue weighted by atomic mass is 9.85. The van der Waals surface area contributed by atoms with Crippen LogP contribution in [0.3, 0.4) is 0 Å². The van der Waals surface area contributed by atoms with Gasteiger partial charge in [0.05, 0.1) is 10.4 Å². The SMILES string of the molecule is CN=C(NCc1ccc(Br)c(F)c1)NC1CCCC(C(F)(F)F)C1.I. The average Bonchev–Trinajstić information content (AvgIpc) is 2.54. The molecular formula is C16H21BrF4IN3. The van der Waals surface area contributed by atoms with E-state index in [-0.39, 0.29) is 48.7 Å². The first-order valence-electron chi connectivity index (χ1n) is 7.77. The Bertz CT molecular complexity index is 595. The maximum absolute atomic E-state index is 13.5. The Kier molecular flexibility index (Phi) is 8.93. The zero-order chi connectivity index (χ0) is 17.7. The van der Waals surface area contributed by atoms with Gasteiger partial charge in [-0.1, -0.05) is 12.5 Å². The number of hydrogen-bond acceptors (Lipinski definition) is 1. The molecule has 1 aliphatic carbocycles. The lowest BCUT2D eigenvalue weighted by Gasteiger charge is -2.31. The van der Waals surface area contributed by atoms with Crippen LogP contribution >= 0.6 is 39.9 Å². The van der Waals surface area contributed by atoms with Gasteiger partial charge >= 0.3 is 6.18 Å². The lowest BCUT2D eigenvalue weighted by molar-refractivity contribution is -0.183. The zero-order valence-corrected chi connectivity index (χ0v) is 17.6.